The second-order valence-electron chi connectivity index (χ2n) is 4.23. The van der Waals surface area contributed by atoms with E-state index in [1.165, 1.54) is 0 Å². The lowest BCUT2D eigenvalue weighted by molar-refractivity contribution is -0.144. The van der Waals surface area contributed by atoms with Crippen LogP contribution in [0.3, 0.4) is 0 Å². The molecule has 0 spiro atoms. The fourth-order valence-electron chi connectivity index (χ4n) is 2.00. The van der Waals surface area contributed by atoms with Crippen molar-refractivity contribution >= 4 is 11.7 Å². The summed E-state index contributed by atoms with van der Waals surface area (Å²) < 4.78 is 5.34. The number of anilines is 1. The zero-order chi connectivity index (χ0) is 12.3. The minimum atomic E-state index is -0.709. The minimum Gasteiger partial charge on any atom is -0.494 e. The first-order valence-corrected chi connectivity index (χ1v) is 5.93. The third-order valence-electron chi connectivity index (χ3n) is 3.11. The van der Waals surface area contributed by atoms with Crippen molar-refractivity contribution in [1.29, 1.82) is 0 Å². The first-order valence-electron chi connectivity index (χ1n) is 5.93. The molecule has 2 N–H and O–H groups in total. The van der Waals surface area contributed by atoms with Gasteiger partial charge in [-0.2, -0.15) is 0 Å². The molecule has 17 heavy (non-hydrogen) atoms. The van der Waals surface area contributed by atoms with Crippen LogP contribution in [0.2, 0.25) is 0 Å². The number of rotatable bonds is 5. The molecule has 1 aliphatic carbocycles. The molecule has 1 aromatic carbocycles. The van der Waals surface area contributed by atoms with Crippen molar-refractivity contribution in [2.75, 3.05) is 11.9 Å². The molecule has 0 aliphatic heterocycles. The van der Waals surface area contributed by atoms with Crippen LogP contribution in [0.1, 0.15) is 19.8 Å². The molecular formula is C13H17NO3. The standard InChI is InChI=1S/C13H17NO3/c1-2-17-10-5-3-9(4-6-10)14-12-8-7-11(12)13(15)16/h3-6,11-12,14H,2,7-8H2,1H3,(H,15,16). The molecule has 1 aliphatic rings. The van der Waals surface area contributed by atoms with Gasteiger partial charge in [-0.3, -0.25) is 4.79 Å². The third-order valence-corrected chi connectivity index (χ3v) is 3.11. The van der Waals surface area contributed by atoms with Crippen LogP contribution in [0.5, 0.6) is 5.75 Å². The van der Waals surface area contributed by atoms with Crippen molar-refractivity contribution in [3.05, 3.63) is 24.3 Å². The number of carboxylic acids is 1. The Balaban J connectivity index is 1.93. The Kier molecular flexibility index (Phi) is 3.52. The number of aliphatic carboxylic acids is 1. The van der Waals surface area contributed by atoms with E-state index in [-0.39, 0.29) is 12.0 Å². The van der Waals surface area contributed by atoms with Gasteiger partial charge in [0, 0.05) is 11.7 Å². The highest BCUT2D eigenvalue weighted by molar-refractivity contribution is 5.73. The zero-order valence-electron chi connectivity index (χ0n) is 9.85. The van der Waals surface area contributed by atoms with Crippen LogP contribution in [0, 0.1) is 5.92 Å². The van der Waals surface area contributed by atoms with E-state index in [1.807, 2.05) is 31.2 Å². The van der Waals surface area contributed by atoms with Gasteiger partial charge in [-0.1, -0.05) is 0 Å². The third kappa shape index (κ3) is 2.70. The van der Waals surface area contributed by atoms with Crippen molar-refractivity contribution in [1.82, 2.24) is 0 Å². The molecule has 4 nitrogen and oxygen atoms in total. The average Bonchev–Trinajstić information content (AvgIpc) is 2.26. The molecule has 1 aromatic rings. The van der Waals surface area contributed by atoms with E-state index in [2.05, 4.69) is 5.32 Å². The molecule has 0 aromatic heterocycles. The Morgan fingerprint density at radius 3 is 2.59 bits per heavy atom. The van der Waals surface area contributed by atoms with Crippen molar-refractivity contribution in [3.8, 4) is 5.75 Å². The van der Waals surface area contributed by atoms with Gasteiger partial charge in [0.2, 0.25) is 0 Å². The van der Waals surface area contributed by atoms with Gasteiger partial charge in [-0.15, -0.1) is 0 Å². The van der Waals surface area contributed by atoms with Gasteiger partial charge >= 0.3 is 5.97 Å². The summed E-state index contributed by atoms with van der Waals surface area (Å²) in [4.78, 5) is 10.9. The van der Waals surface area contributed by atoms with E-state index in [0.29, 0.717) is 6.61 Å². The Bertz CT molecular complexity index is 388. The summed E-state index contributed by atoms with van der Waals surface area (Å²) in [5.74, 6) is -0.123. The molecule has 92 valence electrons. The van der Waals surface area contributed by atoms with Gasteiger partial charge in [0.1, 0.15) is 5.75 Å². The van der Waals surface area contributed by atoms with Gasteiger partial charge in [0.05, 0.1) is 12.5 Å². The number of nitrogens with one attached hydrogen (secondary N) is 1. The average molecular weight is 235 g/mol. The number of hydrogen-bond donors (Lipinski definition) is 2. The fraction of sp³-hybridized carbons (Fsp3) is 0.462. The Morgan fingerprint density at radius 1 is 1.41 bits per heavy atom. The Morgan fingerprint density at radius 2 is 2.12 bits per heavy atom. The number of hydrogen-bond acceptors (Lipinski definition) is 3. The van der Waals surface area contributed by atoms with Crippen molar-refractivity contribution < 1.29 is 14.6 Å². The van der Waals surface area contributed by atoms with Crippen LogP contribution in [-0.2, 0) is 4.79 Å². The second kappa shape index (κ2) is 5.08. The lowest BCUT2D eigenvalue weighted by Gasteiger charge is -2.34. The Labute approximate surface area is 101 Å². The summed E-state index contributed by atoms with van der Waals surface area (Å²) in [7, 11) is 0. The molecule has 0 saturated heterocycles. The van der Waals surface area contributed by atoms with E-state index < -0.39 is 5.97 Å². The highest BCUT2D eigenvalue weighted by Crippen LogP contribution is 2.31. The molecule has 2 unspecified atom stereocenters. The molecule has 2 rings (SSSR count). The lowest BCUT2D eigenvalue weighted by Crippen LogP contribution is -2.42. The van der Waals surface area contributed by atoms with Crippen molar-refractivity contribution in [2.24, 2.45) is 5.92 Å². The second-order valence-corrected chi connectivity index (χ2v) is 4.23. The summed E-state index contributed by atoms with van der Waals surface area (Å²) in [6.07, 6.45) is 1.69. The molecule has 0 heterocycles. The number of benzene rings is 1. The van der Waals surface area contributed by atoms with E-state index in [4.69, 9.17) is 9.84 Å². The maximum Gasteiger partial charge on any atom is 0.308 e. The molecule has 1 saturated carbocycles. The maximum absolute atomic E-state index is 10.9. The normalized spacial score (nSPS) is 22.6. The van der Waals surface area contributed by atoms with Gasteiger partial charge in [-0.05, 0) is 44.0 Å². The fourth-order valence-corrected chi connectivity index (χ4v) is 2.00. The summed E-state index contributed by atoms with van der Waals surface area (Å²) in [5.41, 5.74) is 0.949. The summed E-state index contributed by atoms with van der Waals surface area (Å²) in [5, 5.41) is 12.2. The van der Waals surface area contributed by atoms with Gasteiger partial charge in [0.25, 0.3) is 0 Å². The van der Waals surface area contributed by atoms with Crippen molar-refractivity contribution in [2.45, 2.75) is 25.8 Å². The SMILES string of the molecule is CCOc1ccc(NC2CCC2C(=O)O)cc1. The van der Waals surface area contributed by atoms with Gasteiger partial charge in [-0.25, -0.2) is 0 Å². The number of carboxylic acid groups (broad SMARTS) is 1. The molecule has 1 fully saturated rings. The van der Waals surface area contributed by atoms with Crippen LogP contribution >= 0.6 is 0 Å². The van der Waals surface area contributed by atoms with Crippen molar-refractivity contribution in [3.63, 3.8) is 0 Å². The molecule has 0 radical (unpaired) electrons. The van der Waals surface area contributed by atoms with Crippen LogP contribution in [-0.4, -0.2) is 23.7 Å². The molecule has 2 atom stereocenters. The largest absolute Gasteiger partial charge is 0.494 e. The summed E-state index contributed by atoms with van der Waals surface area (Å²) in [6.45, 7) is 2.59. The Hall–Kier alpha value is -1.71. The topological polar surface area (TPSA) is 58.6 Å². The summed E-state index contributed by atoms with van der Waals surface area (Å²) >= 11 is 0. The van der Waals surface area contributed by atoms with Gasteiger partial charge < -0.3 is 15.2 Å². The quantitative estimate of drug-likeness (QED) is 0.822. The summed E-state index contributed by atoms with van der Waals surface area (Å²) in [6, 6.07) is 7.68. The first-order chi connectivity index (χ1) is 8.20. The van der Waals surface area contributed by atoms with Crippen LogP contribution in [0.15, 0.2) is 24.3 Å². The highest BCUT2D eigenvalue weighted by Gasteiger charge is 2.36. The highest BCUT2D eigenvalue weighted by atomic mass is 16.5. The van der Waals surface area contributed by atoms with E-state index in [0.717, 1.165) is 24.3 Å². The van der Waals surface area contributed by atoms with Crippen LogP contribution in [0.4, 0.5) is 5.69 Å². The van der Waals surface area contributed by atoms with Crippen LogP contribution < -0.4 is 10.1 Å². The number of carbonyl (C=O) groups is 1. The van der Waals surface area contributed by atoms with E-state index in [1.54, 1.807) is 0 Å². The van der Waals surface area contributed by atoms with Gasteiger partial charge in [0.15, 0.2) is 0 Å². The number of ether oxygens (including phenoxy) is 1. The zero-order valence-corrected chi connectivity index (χ0v) is 9.85. The van der Waals surface area contributed by atoms with E-state index >= 15 is 0 Å². The molecular weight excluding hydrogens is 218 g/mol. The molecule has 0 bridgehead atoms. The maximum atomic E-state index is 10.9. The first kappa shape index (κ1) is 11.8. The smallest absolute Gasteiger partial charge is 0.308 e. The molecule has 0 amide bonds. The van der Waals surface area contributed by atoms with Crippen LogP contribution in [0.25, 0.3) is 0 Å². The minimum absolute atomic E-state index is 0.0606. The van der Waals surface area contributed by atoms with E-state index in [9.17, 15) is 4.79 Å². The predicted octanol–water partition coefficient (Wildman–Crippen LogP) is 2.36. The predicted molar refractivity (Wildman–Crippen MR) is 65.4 cm³/mol. The lowest BCUT2D eigenvalue weighted by atomic mass is 9.79. The molecule has 4 heteroatoms. The monoisotopic (exact) mass is 235 g/mol.